The number of hydrogen-bond acceptors (Lipinski definition) is 5. The van der Waals surface area contributed by atoms with E-state index in [2.05, 4.69) is 20.4 Å². The Hall–Kier alpha value is -3.00. The van der Waals surface area contributed by atoms with Gasteiger partial charge >= 0.3 is 0 Å². The Bertz CT molecular complexity index is 946. The smallest absolute Gasteiger partial charge is 0.274 e. The number of nitrogens with one attached hydrogen (secondary N) is 1. The molecule has 2 amide bonds. The molecule has 3 aromatic heterocycles. The van der Waals surface area contributed by atoms with Crippen LogP contribution in [0.3, 0.4) is 0 Å². The number of fused-ring (bicyclic) bond motifs is 1. The molecule has 1 fully saturated rings. The van der Waals surface area contributed by atoms with E-state index in [-0.39, 0.29) is 17.7 Å². The topological polar surface area (TPSA) is 92.5 Å². The molecule has 4 rings (SSSR count). The highest BCUT2D eigenvalue weighted by Gasteiger charge is 2.29. The molecule has 0 unspecified atom stereocenters. The summed E-state index contributed by atoms with van der Waals surface area (Å²) < 4.78 is 1.58. The lowest BCUT2D eigenvalue weighted by atomic mass is 9.95. The Morgan fingerprint density at radius 1 is 1.19 bits per heavy atom. The second-order valence-electron chi connectivity index (χ2n) is 6.37. The van der Waals surface area contributed by atoms with Crippen LogP contribution in [0.4, 0.5) is 5.82 Å². The SMILES string of the molecule is O=C(Nc1ccc(Cl)cn1)C1CCN(C(=O)c2cc3ncccn3n2)CC1. The molecule has 0 atom stereocenters. The van der Waals surface area contributed by atoms with Gasteiger partial charge in [0.1, 0.15) is 5.82 Å². The molecule has 138 valence electrons. The summed E-state index contributed by atoms with van der Waals surface area (Å²) in [5.74, 6) is 0.0851. The van der Waals surface area contributed by atoms with Gasteiger partial charge in [0, 0.05) is 43.7 Å². The predicted octanol–water partition coefficient (Wildman–Crippen LogP) is 2.27. The Kier molecular flexibility index (Phi) is 4.72. The number of aromatic nitrogens is 4. The second kappa shape index (κ2) is 7.32. The third kappa shape index (κ3) is 3.75. The summed E-state index contributed by atoms with van der Waals surface area (Å²) in [5.41, 5.74) is 0.993. The van der Waals surface area contributed by atoms with Gasteiger partial charge in [-0.3, -0.25) is 9.59 Å². The van der Waals surface area contributed by atoms with Gasteiger partial charge in [-0.2, -0.15) is 5.10 Å². The molecule has 1 N–H and O–H groups in total. The van der Waals surface area contributed by atoms with Crippen molar-refractivity contribution < 1.29 is 9.59 Å². The zero-order valence-electron chi connectivity index (χ0n) is 14.4. The Morgan fingerprint density at radius 3 is 2.70 bits per heavy atom. The fourth-order valence-electron chi connectivity index (χ4n) is 3.12. The first-order valence-corrected chi connectivity index (χ1v) is 9.00. The molecule has 1 saturated heterocycles. The number of rotatable bonds is 3. The molecule has 4 heterocycles. The minimum absolute atomic E-state index is 0.0890. The van der Waals surface area contributed by atoms with Crippen LogP contribution in [0.2, 0.25) is 5.02 Å². The standard InChI is InChI=1S/C18H17ClN6O2/c19-13-2-3-15(21-11-13)22-17(26)12-4-8-24(9-5-12)18(27)14-10-16-20-6-1-7-25(16)23-14/h1-3,6-7,10-12H,4-5,8-9H2,(H,21,22,26). The maximum atomic E-state index is 12.7. The second-order valence-corrected chi connectivity index (χ2v) is 6.81. The van der Waals surface area contributed by atoms with Crippen LogP contribution in [0, 0.1) is 5.92 Å². The van der Waals surface area contributed by atoms with Crippen molar-refractivity contribution in [2.45, 2.75) is 12.8 Å². The molecule has 0 saturated carbocycles. The fourth-order valence-corrected chi connectivity index (χ4v) is 3.23. The molecule has 0 spiro atoms. The molecule has 9 heteroatoms. The summed E-state index contributed by atoms with van der Waals surface area (Å²) in [4.78, 5) is 35.0. The maximum absolute atomic E-state index is 12.7. The summed E-state index contributed by atoms with van der Waals surface area (Å²) in [6.07, 6.45) is 6.08. The van der Waals surface area contributed by atoms with Crippen molar-refractivity contribution in [2.24, 2.45) is 5.92 Å². The van der Waals surface area contributed by atoms with Crippen molar-refractivity contribution in [1.82, 2.24) is 24.5 Å². The third-order valence-corrected chi connectivity index (χ3v) is 4.81. The van der Waals surface area contributed by atoms with E-state index in [0.29, 0.717) is 48.1 Å². The highest BCUT2D eigenvalue weighted by atomic mass is 35.5. The van der Waals surface area contributed by atoms with Gasteiger partial charge in [-0.05, 0) is 31.0 Å². The van der Waals surface area contributed by atoms with Gasteiger partial charge in [0.25, 0.3) is 5.91 Å². The molecule has 8 nitrogen and oxygen atoms in total. The number of likely N-dealkylation sites (tertiary alicyclic amines) is 1. The summed E-state index contributed by atoms with van der Waals surface area (Å²) >= 11 is 5.80. The van der Waals surface area contributed by atoms with Crippen LogP contribution >= 0.6 is 11.6 Å². The number of anilines is 1. The Balaban J connectivity index is 1.35. The monoisotopic (exact) mass is 384 g/mol. The van der Waals surface area contributed by atoms with Gasteiger partial charge in [0.2, 0.25) is 5.91 Å². The van der Waals surface area contributed by atoms with Crippen molar-refractivity contribution in [3.8, 4) is 0 Å². The number of pyridine rings is 1. The number of hydrogen-bond donors (Lipinski definition) is 1. The first kappa shape index (κ1) is 17.4. The van der Waals surface area contributed by atoms with Crippen LogP contribution in [0.15, 0.2) is 42.9 Å². The quantitative estimate of drug-likeness (QED) is 0.747. The van der Waals surface area contributed by atoms with Crippen molar-refractivity contribution >= 4 is 34.9 Å². The lowest BCUT2D eigenvalue weighted by Gasteiger charge is -2.30. The van der Waals surface area contributed by atoms with E-state index in [0.717, 1.165) is 0 Å². The van der Waals surface area contributed by atoms with E-state index in [4.69, 9.17) is 11.6 Å². The lowest BCUT2D eigenvalue weighted by molar-refractivity contribution is -0.121. The largest absolute Gasteiger partial charge is 0.337 e. The lowest BCUT2D eigenvalue weighted by Crippen LogP contribution is -2.41. The van der Waals surface area contributed by atoms with Crippen LogP contribution < -0.4 is 5.32 Å². The van der Waals surface area contributed by atoms with Crippen LogP contribution in [0.25, 0.3) is 5.65 Å². The zero-order chi connectivity index (χ0) is 18.8. The van der Waals surface area contributed by atoms with E-state index in [9.17, 15) is 9.59 Å². The van der Waals surface area contributed by atoms with Crippen LogP contribution in [0.5, 0.6) is 0 Å². The van der Waals surface area contributed by atoms with Crippen LogP contribution in [-0.4, -0.2) is 49.4 Å². The van der Waals surface area contributed by atoms with Crippen LogP contribution in [0.1, 0.15) is 23.3 Å². The van der Waals surface area contributed by atoms with E-state index in [1.165, 1.54) is 6.20 Å². The molecular weight excluding hydrogens is 368 g/mol. The summed E-state index contributed by atoms with van der Waals surface area (Å²) in [6.45, 7) is 1.01. The normalized spacial score (nSPS) is 15.1. The molecule has 0 bridgehead atoms. The first-order chi connectivity index (χ1) is 13.1. The number of carbonyl (C=O) groups is 2. The predicted molar refractivity (Wildman–Crippen MR) is 99.5 cm³/mol. The molecule has 1 aliphatic heterocycles. The molecule has 27 heavy (non-hydrogen) atoms. The summed E-state index contributed by atoms with van der Waals surface area (Å²) in [6, 6.07) is 6.77. The fraction of sp³-hybridized carbons (Fsp3) is 0.278. The maximum Gasteiger partial charge on any atom is 0.274 e. The van der Waals surface area contributed by atoms with Gasteiger partial charge < -0.3 is 10.2 Å². The van der Waals surface area contributed by atoms with Gasteiger partial charge in [-0.25, -0.2) is 14.5 Å². The highest BCUT2D eigenvalue weighted by Crippen LogP contribution is 2.21. The molecular formula is C18H17ClN6O2. The molecule has 0 aliphatic carbocycles. The van der Waals surface area contributed by atoms with E-state index < -0.39 is 0 Å². The third-order valence-electron chi connectivity index (χ3n) is 4.59. The number of nitrogens with zero attached hydrogens (tertiary/aromatic N) is 5. The van der Waals surface area contributed by atoms with E-state index in [1.54, 1.807) is 46.1 Å². The summed E-state index contributed by atoms with van der Waals surface area (Å²) in [5, 5.41) is 7.58. The highest BCUT2D eigenvalue weighted by molar-refractivity contribution is 6.30. The van der Waals surface area contributed by atoms with Crippen molar-refractivity contribution in [1.29, 1.82) is 0 Å². The first-order valence-electron chi connectivity index (χ1n) is 8.62. The average Bonchev–Trinajstić information content (AvgIpc) is 3.13. The number of amides is 2. The zero-order valence-corrected chi connectivity index (χ0v) is 15.1. The van der Waals surface area contributed by atoms with Gasteiger partial charge in [-0.15, -0.1) is 0 Å². The minimum atomic E-state index is -0.158. The van der Waals surface area contributed by atoms with Gasteiger partial charge in [0.15, 0.2) is 11.3 Å². The van der Waals surface area contributed by atoms with Gasteiger partial charge in [-0.1, -0.05) is 11.6 Å². The number of piperidine rings is 1. The average molecular weight is 385 g/mol. The molecule has 0 radical (unpaired) electrons. The molecule has 0 aromatic carbocycles. The number of halogens is 1. The summed E-state index contributed by atoms with van der Waals surface area (Å²) in [7, 11) is 0. The van der Waals surface area contributed by atoms with Gasteiger partial charge in [0.05, 0.1) is 5.02 Å². The Labute approximate surface area is 160 Å². The minimum Gasteiger partial charge on any atom is -0.337 e. The van der Waals surface area contributed by atoms with E-state index >= 15 is 0 Å². The van der Waals surface area contributed by atoms with Crippen LogP contribution in [-0.2, 0) is 4.79 Å². The Morgan fingerprint density at radius 2 is 2.00 bits per heavy atom. The molecule has 1 aliphatic rings. The van der Waals surface area contributed by atoms with Crippen molar-refractivity contribution in [2.75, 3.05) is 18.4 Å². The van der Waals surface area contributed by atoms with Crippen molar-refractivity contribution in [3.05, 3.63) is 53.6 Å². The number of carbonyl (C=O) groups excluding carboxylic acids is 2. The molecule has 3 aromatic rings. The van der Waals surface area contributed by atoms with E-state index in [1.807, 2.05) is 0 Å². The van der Waals surface area contributed by atoms with Crippen molar-refractivity contribution in [3.63, 3.8) is 0 Å².